The average Bonchev–Trinajstić information content (AvgIpc) is 2.42. The van der Waals surface area contributed by atoms with Crippen LogP contribution in [0.1, 0.15) is 29.8 Å². The number of hydrogen-bond acceptors (Lipinski definition) is 2. The number of carbonyl (C=O) groups excluding carboxylic acids is 2. The molecule has 0 spiro atoms. The Labute approximate surface area is 119 Å². The molecule has 0 heterocycles. The summed E-state index contributed by atoms with van der Waals surface area (Å²) < 4.78 is 0. The average molecular weight is 273 g/mol. The van der Waals surface area contributed by atoms with Gasteiger partial charge in [-0.2, -0.15) is 0 Å². The van der Waals surface area contributed by atoms with Crippen LogP contribution in [0.25, 0.3) is 0 Å². The number of nitrogens with one attached hydrogen (secondary N) is 3. The summed E-state index contributed by atoms with van der Waals surface area (Å²) in [6.45, 7) is 3.98. The fourth-order valence-corrected chi connectivity index (χ4v) is 1.50. The maximum Gasteiger partial charge on any atom is 0.315 e. The molecule has 0 radical (unpaired) electrons. The Bertz CT molecular complexity index is 542. The zero-order valence-corrected chi connectivity index (χ0v) is 11.9. The highest BCUT2D eigenvalue weighted by Gasteiger charge is 2.06. The molecular formula is C15H19N3O2. The molecule has 0 saturated heterocycles. The molecule has 3 N–H and O–H groups in total. The fourth-order valence-electron chi connectivity index (χ4n) is 1.50. The van der Waals surface area contributed by atoms with Gasteiger partial charge in [0.2, 0.25) is 0 Å². The van der Waals surface area contributed by atoms with Crippen molar-refractivity contribution in [2.45, 2.75) is 19.9 Å². The lowest BCUT2D eigenvalue weighted by atomic mass is 10.1. The zero-order chi connectivity index (χ0) is 15.0. The van der Waals surface area contributed by atoms with Gasteiger partial charge in [0.05, 0.1) is 12.1 Å². The number of urea groups is 1. The van der Waals surface area contributed by atoms with Crippen molar-refractivity contribution in [3.8, 4) is 11.8 Å². The molecule has 20 heavy (non-hydrogen) atoms. The summed E-state index contributed by atoms with van der Waals surface area (Å²) in [7, 11) is 1.57. The molecule has 1 aromatic carbocycles. The second-order valence-electron chi connectivity index (χ2n) is 4.41. The van der Waals surface area contributed by atoms with E-state index in [0.29, 0.717) is 11.1 Å². The third kappa shape index (κ3) is 5.02. The standard InChI is InChI=1S/C15H19N3O2/c1-11(2)18-15(20)17-10-6-8-12-7-4-5-9-13(12)14(19)16-3/h4-5,7,9,11H,10H2,1-3H3,(H,16,19)(H2,17,18,20). The highest BCUT2D eigenvalue weighted by atomic mass is 16.2. The van der Waals surface area contributed by atoms with Gasteiger partial charge in [-0.15, -0.1) is 0 Å². The largest absolute Gasteiger partial charge is 0.355 e. The highest BCUT2D eigenvalue weighted by Crippen LogP contribution is 2.06. The van der Waals surface area contributed by atoms with Crippen LogP contribution in [0.3, 0.4) is 0 Å². The maximum atomic E-state index is 11.6. The molecule has 0 fully saturated rings. The lowest BCUT2D eigenvalue weighted by Gasteiger charge is -2.07. The summed E-state index contributed by atoms with van der Waals surface area (Å²) in [5.41, 5.74) is 1.16. The predicted octanol–water partition coefficient (Wildman–Crippen LogP) is 1.11. The van der Waals surface area contributed by atoms with E-state index < -0.39 is 0 Å². The van der Waals surface area contributed by atoms with E-state index in [1.165, 1.54) is 0 Å². The molecule has 106 valence electrons. The van der Waals surface area contributed by atoms with Gasteiger partial charge in [0.15, 0.2) is 0 Å². The summed E-state index contributed by atoms with van der Waals surface area (Å²) in [5.74, 6) is 5.53. The molecule has 0 saturated carbocycles. The van der Waals surface area contributed by atoms with E-state index in [1.807, 2.05) is 19.9 Å². The van der Waals surface area contributed by atoms with Gasteiger partial charge in [0, 0.05) is 18.7 Å². The van der Waals surface area contributed by atoms with Crippen LogP contribution in [0.5, 0.6) is 0 Å². The monoisotopic (exact) mass is 273 g/mol. The Morgan fingerprint density at radius 1 is 1.25 bits per heavy atom. The minimum atomic E-state index is -0.256. The van der Waals surface area contributed by atoms with E-state index in [0.717, 1.165) is 0 Å². The SMILES string of the molecule is CNC(=O)c1ccccc1C#CCNC(=O)NC(C)C. The van der Waals surface area contributed by atoms with Gasteiger partial charge in [-0.25, -0.2) is 4.79 Å². The molecule has 0 aliphatic carbocycles. The van der Waals surface area contributed by atoms with Crippen LogP contribution in [-0.4, -0.2) is 31.6 Å². The lowest BCUT2D eigenvalue weighted by molar-refractivity contribution is 0.0963. The molecule has 0 atom stereocenters. The van der Waals surface area contributed by atoms with Crippen molar-refractivity contribution in [1.29, 1.82) is 0 Å². The molecular weight excluding hydrogens is 254 g/mol. The first-order valence-corrected chi connectivity index (χ1v) is 6.39. The smallest absolute Gasteiger partial charge is 0.315 e. The van der Waals surface area contributed by atoms with Crippen LogP contribution >= 0.6 is 0 Å². The Hall–Kier alpha value is -2.48. The van der Waals surface area contributed by atoms with Crippen molar-refractivity contribution in [2.24, 2.45) is 0 Å². The summed E-state index contributed by atoms with van der Waals surface area (Å²) in [5, 5.41) is 7.89. The van der Waals surface area contributed by atoms with E-state index >= 15 is 0 Å². The Morgan fingerprint density at radius 2 is 1.95 bits per heavy atom. The van der Waals surface area contributed by atoms with Gasteiger partial charge in [0.25, 0.3) is 5.91 Å². The molecule has 0 unspecified atom stereocenters. The van der Waals surface area contributed by atoms with Gasteiger partial charge >= 0.3 is 6.03 Å². The first-order valence-electron chi connectivity index (χ1n) is 6.39. The predicted molar refractivity (Wildman–Crippen MR) is 78.4 cm³/mol. The van der Waals surface area contributed by atoms with E-state index in [9.17, 15) is 9.59 Å². The minimum Gasteiger partial charge on any atom is -0.355 e. The van der Waals surface area contributed by atoms with E-state index in [1.54, 1.807) is 25.2 Å². The first kappa shape index (κ1) is 15.6. The van der Waals surface area contributed by atoms with Gasteiger partial charge in [-0.1, -0.05) is 24.0 Å². The summed E-state index contributed by atoms with van der Waals surface area (Å²) >= 11 is 0. The van der Waals surface area contributed by atoms with Crippen LogP contribution in [0.4, 0.5) is 4.79 Å². The van der Waals surface area contributed by atoms with Crippen molar-refractivity contribution >= 4 is 11.9 Å². The van der Waals surface area contributed by atoms with Crippen molar-refractivity contribution in [3.63, 3.8) is 0 Å². The Kier molecular flexibility index (Phi) is 6.11. The Morgan fingerprint density at radius 3 is 2.60 bits per heavy atom. The molecule has 5 nitrogen and oxygen atoms in total. The number of benzene rings is 1. The van der Waals surface area contributed by atoms with Crippen LogP contribution in [-0.2, 0) is 0 Å². The van der Waals surface area contributed by atoms with Gasteiger partial charge in [-0.3, -0.25) is 4.79 Å². The van der Waals surface area contributed by atoms with Crippen LogP contribution in [0, 0.1) is 11.8 Å². The van der Waals surface area contributed by atoms with Crippen molar-refractivity contribution in [2.75, 3.05) is 13.6 Å². The summed E-state index contributed by atoms with van der Waals surface area (Å²) in [4.78, 5) is 23.0. The quantitative estimate of drug-likeness (QED) is 0.722. The number of amides is 3. The molecule has 1 rings (SSSR count). The lowest BCUT2D eigenvalue weighted by Crippen LogP contribution is -2.39. The molecule has 1 aromatic rings. The van der Waals surface area contributed by atoms with Gasteiger partial charge in [-0.05, 0) is 26.0 Å². The van der Waals surface area contributed by atoms with Crippen LogP contribution < -0.4 is 16.0 Å². The molecule has 3 amide bonds. The highest BCUT2D eigenvalue weighted by molar-refractivity contribution is 5.96. The van der Waals surface area contributed by atoms with Gasteiger partial charge < -0.3 is 16.0 Å². The fraction of sp³-hybridized carbons (Fsp3) is 0.333. The van der Waals surface area contributed by atoms with Crippen molar-refractivity contribution < 1.29 is 9.59 Å². The number of hydrogen-bond donors (Lipinski definition) is 3. The van der Waals surface area contributed by atoms with Crippen molar-refractivity contribution in [3.05, 3.63) is 35.4 Å². The van der Waals surface area contributed by atoms with Gasteiger partial charge in [0.1, 0.15) is 0 Å². The van der Waals surface area contributed by atoms with Crippen LogP contribution in [0.2, 0.25) is 0 Å². The molecule has 0 aliphatic rings. The van der Waals surface area contributed by atoms with Crippen LogP contribution in [0.15, 0.2) is 24.3 Å². The first-order chi connectivity index (χ1) is 9.54. The normalized spacial score (nSPS) is 9.40. The topological polar surface area (TPSA) is 70.2 Å². The maximum absolute atomic E-state index is 11.6. The summed E-state index contributed by atoms with van der Waals surface area (Å²) in [6.07, 6.45) is 0. The zero-order valence-electron chi connectivity index (χ0n) is 11.9. The third-order valence-corrected chi connectivity index (χ3v) is 2.38. The third-order valence-electron chi connectivity index (χ3n) is 2.38. The number of rotatable bonds is 3. The molecule has 0 aromatic heterocycles. The molecule has 0 aliphatic heterocycles. The summed E-state index contributed by atoms with van der Waals surface area (Å²) in [6, 6.07) is 6.90. The second-order valence-corrected chi connectivity index (χ2v) is 4.41. The van der Waals surface area contributed by atoms with E-state index in [2.05, 4.69) is 27.8 Å². The second kappa shape index (κ2) is 7.85. The Balaban J connectivity index is 2.64. The number of carbonyl (C=O) groups is 2. The van der Waals surface area contributed by atoms with E-state index in [-0.39, 0.29) is 24.5 Å². The van der Waals surface area contributed by atoms with E-state index in [4.69, 9.17) is 0 Å². The molecule has 0 bridgehead atoms. The molecule has 5 heteroatoms. The minimum absolute atomic E-state index is 0.0805. The van der Waals surface area contributed by atoms with Crippen molar-refractivity contribution in [1.82, 2.24) is 16.0 Å².